The molecule has 0 spiro atoms. The molecule has 0 bridgehead atoms. The topological polar surface area (TPSA) is 24.5 Å². The van der Waals surface area contributed by atoms with Gasteiger partial charge in [-0.15, -0.1) is 0 Å². The van der Waals surface area contributed by atoms with Crippen LogP contribution in [0.15, 0.2) is 18.2 Å². The molecule has 0 amide bonds. The molecule has 1 heterocycles. The Kier molecular flexibility index (Phi) is 5.69. The van der Waals surface area contributed by atoms with E-state index in [0.717, 1.165) is 51.9 Å². The summed E-state index contributed by atoms with van der Waals surface area (Å²) in [6.45, 7) is 5.77. The SMILES string of the molecule is Fc1cccc(CNCCCN2CCOCC2)c1F. The summed E-state index contributed by atoms with van der Waals surface area (Å²) in [5.41, 5.74) is 0.381. The first-order valence-electron chi connectivity index (χ1n) is 6.71. The van der Waals surface area contributed by atoms with Crippen LogP contribution in [0.3, 0.4) is 0 Å². The van der Waals surface area contributed by atoms with Gasteiger partial charge in [0, 0.05) is 25.2 Å². The lowest BCUT2D eigenvalue weighted by Gasteiger charge is -2.26. The number of morpholine rings is 1. The third kappa shape index (κ3) is 4.53. The van der Waals surface area contributed by atoms with Crippen LogP contribution < -0.4 is 5.32 Å². The van der Waals surface area contributed by atoms with Crippen molar-refractivity contribution in [2.24, 2.45) is 0 Å². The first kappa shape index (κ1) is 14.4. The Morgan fingerprint density at radius 1 is 1.21 bits per heavy atom. The van der Waals surface area contributed by atoms with Gasteiger partial charge in [-0.25, -0.2) is 8.78 Å². The second-order valence-electron chi connectivity index (χ2n) is 4.70. The van der Waals surface area contributed by atoms with E-state index in [0.29, 0.717) is 12.1 Å². The maximum atomic E-state index is 13.4. The van der Waals surface area contributed by atoms with Crippen LogP contribution in [-0.2, 0) is 11.3 Å². The average Bonchev–Trinajstić information content (AvgIpc) is 2.44. The third-order valence-corrected chi connectivity index (χ3v) is 3.28. The van der Waals surface area contributed by atoms with Crippen molar-refractivity contribution in [2.45, 2.75) is 13.0 Å². The molecule has 0 radical (unpaired) electrons. The van der Waals surface area contributed by atoms with Crippen LogP contribution in [0.5, 0.6) is 0 Å². The maximum absolute atomic E-state index is 13.4. The highest BCUT2D eigenvalue weighted by molar-refractivity contribution is 5.18. The first-order valence-corrected chi connectivity index (χ1v) is 6.71. The molecule has 1 fully saturated rings. The summed E-state index contributed by atoms with van der Waals surface area (Å²) >= 11 is 0. The fourth-order valence-electron chi connectivity index (χ4n) is 2.16. The summed E-state index contributed by atoms with van der Waals surface area (Å²) in [5, 5.41) is 3.14. The molecule has 0 atom stereocenters. The van der Waals surface area contributed by atoms with Gasteiger partial charge in [0.2, 0.25) is 0 Å². The fourth-order valence-corrected chi connectivity index (χ4v) is 2.16. The van der Waals surface area contributed by atoms with Crippen LogP contribution in [-0.4, -0.2) is 44.3 Å². The predicted molar refractivity (Wildman–Crippen MR) is 69.9 cm³/mol. The molecular formula is C14H20F2N2O. The third-order valence-electron chi connectivity index (χ3n) is 3.28. The molecule has 1 aliphatic rings. The van der Waals surface area contributed by atoms with E-state index in [9.17, 15) is 8.78 Å². The Hall–Kier alpha value is -1.04. The van der Waals surface area contributed by atoms with Gasteiger partial charge < -0.3 is 10.1 Å². The zero-order valence-electron chi connectivity index (χ0n) is 11.0. The van der Waals surface area contributed by atoms with Gasteiger partial charge in [0.1, 0.15) is 0 Å². The van der Waals surface area contributed by atoms with E-state index in [1.54, 1.807) is 6.07 Å². The minimum absolute atomic E-state index is 0.368. The molecule has 3 nitrogen and oxygen atoms in total. The van der Waals surface area contributed by atoms with Crippen molar-refractivity contribution in [3.05, 3.63) is 35.4 Å². The Morgan fingerprint density at radius 3 is 2.79 bits per heavy atom. The largest absolute Gasteiger partial charge is 0.379 e. The lowest BCUT2D eigenvalue weighted by Crippen LogP contribution is -2.37. The van der Waals surface area contributed by atoms with Gasteiger partial charge >= 0.3 is 0 Å². The Labute approximate surface area is 112 Å². The molecule has 1 aromatic carbocycles. The average molecular weight is 270 g/mol. The van der Waals surface area contributed by atoms with Crippen LogP contribution in [0.2, 0.25) is 0 Å². The van der Waals surface area contributed by atoms with Crippen LogP contribution in [0.4, 0.5) is 8.78 Å². The van der Waals surface area contributed by atoms with Crippen molar-refractivity contribution in [2.75, 3.05) is 39.4 Å². The molecular weight excluding hydrogens is 250 g/mol. The first-order chi connectivity index (χ1) is 9.27. The molecule has 2 rings (SSSR count). The molecule has 1 N–H and O–H groups in total. The minimum atomic E-state index is -0.785. The molecule has 0 aromatic heterocycles. The highest BCUT2D eigenvalue weighted by atomic mass is 19.2. The number of nitrogens with one attached hydrogen (secondary N) is 1. The van der Waals surface area contributed by atoms with Crippen LogP contribution in [0.1, 0.15) is 12.0 Å². The summed E-state index contributed by atoms with van der Waals surface area (Å²) in [4.78, 5) is 2.36. The van der Waals surface area contributed by atoms with Gasteiger partial charge in [-0.2, -0.15) is 0 Å². The van der Waals surface area contributed by atoms with E-state index in [-0.39, 0.29) is 0 Å². The van der Waals surface area contributed by atoms with Gasteiger partial charge in [-0.3, -0.25) is 4.90 Å². The van der Waals surface area contributed by atoms with Gasteiger partial charge in [0.15, 0.2) is 11.6 Å². The van der Waals surface area contributed by atoms with Crippen molar-refractivity contribution in [1.29, 1.82) is 0 Å². The molecule has 1 aliphatic heterocycles. The molecule has 0 aliphatic carbocycles. The standard InChI is InChI=1S/C14H20F2N2O/c15-13-4-1-3-12(14(13)16)11-17-5-2-6-18-7-9-19-10-8-18/h1,3-4,17H,2,5-11H2. The van der Waals surface area contributed by atoms with E-state index in [4.69, 9.17) is 4.74 Å². The zero-order valence-corrected chi connectivity index (χ0v) is 11.0. The van der Waals surface area contributed by atoms with E-state index in [1.165, 1.54) is 6.07 Å². The summed E-state index contributed by atoms with van der Waals surface area (Å²) < 4.78 is 31.6. The van der Waals surface area contributed by atoms with Crippen molar-refractivity contribution < 1.29 is 13.5 Å². The number of hydrogen-bond donors (Lipinski definition) is 1. The number of halogens is 2. The minimum Gasteiger partial charge on any atom is -0.379 e. The molecule has 1 aromatic rings. The number of nitrogens with zero attached hydrogens (tertiary/aromatic N) is 1. The Bertz CT molecular complexity index is 395. The smallest absolute Gasteiger partial charge is 0.163 e. The summed E-state index contributed by atoms with van der Waals surface area (Å²) in [7, 11) is 0. The molecule has 5 heteroatoms. The number of hydrogen-bond acceptors (Lipinski definition) is 3. The highest BCUT2D eigenvalue weighted by Crippen LogP contribution is 2.10. The van der Waals surface area contributed by atoms with Crippen LogP contribution in [0, 0.1) is 11.6 Å². The van der Waals surface area contributed by atoms with Crippen molar-refractivity contribution in [1.82, 2.24) is 10.2 Å². The highest BCUT2D eigenvalue weighted by Gasteiger charge is 2.09. The van der Waals surface area contributed by atoms with Crippen molar-refractivity contribution in [3.8, 4) is 0 Å². The fraction of sp³-hybridized carbons (Fsp3) is 0.571. The van der Waals surface area contributed by atoms with E-state index in [1.807, 2.05) is 0 Å². The molecule has 19 heavy (non-hydrogen) atoms. The van der Waals surface area contributed by atoms with Crippen molar-refractivity contribution >= 4 is 0 Å². The van der Waals surface area contributed by atoms with Gasteiger partial charge in [0.05, 0.1) is 13.2 Å². The molecule has 0 unspecified atom stereocenters. The van der Waals surface area contributed by atoms with Gasteiger partial charge in [-0.1, -0.05) is 12.1 Å². The number of rotatable bonds is 6. The monoisotopic (exact) mass is 270 g/mol. The van der Waals surface area contributed by atoms with Crippen LogP contribution >= 0.6 is 0 Å². The van der Waals surface area contributed by atoms with Crippen LogP contribution in [0.25, 0.3) is 0 Å². The Balaban J connectivity index is 1.62. The lowest BCUT2D eigenvalue weighted by atomic mass is 10.2. The van der Waals surface area contributed by atoms with Gasteiger partial charge in [0.25, 0.3) is 0 Å². The normalized spacial score (nSPS) is 16.7. The molecule has 106 valence electrons. The van der Waals surface area contributed by atoms with E-state index < -0.39 is 11.6 Å². The number of ether oxygens (including phenoxy) is 1. The summed E-state index contributed by atoms with van der Waals surface area (Å²) in [6.07, 6.45) is 0.997. The maximum Gasteiger partial charge on any atom is 0.163 e. The lowest BCUT2D eigenvalue weighted by molar-refractivity contribution is 0.0374. The van der Waals surface area contributed by atoms with Gasteiger partial charge in [-0.05, 0) is 25.6 Å². The Morgan fingerprint density at radius 2 is 2.00 bits per heavy atom. The quantitative estimate of drug-likeness (QED) is 0.797. The second kappa shape index (κ2) is 7.53. The predicted octanol–water partition coefficient (Wildman–Crippen LogP) is 1.78. The number of benzene rings is 1. The summed E-state index contributed by atoms with van der Waals surface area (Å²) in [5.74, 6) is -1.53. The second-order valence-corrected chi connectivity index (χ2v) is 4.70. The zero-order chi connectivity index (χ0) is 13.5. The van der Waals surface area contributed by atoms with Crippen molar-refractivity contribution in [3.63, 3.8) is 0 Å². The molecule has 1 saturated heterocycles. The van der Waals surface area contributed by atoms with E-state index in [2.05, 4.69) is 10.2 Å². The molecule has 0 saturated carbocycles. The van der Waals surface area contributed by atoms with E-state index >= 15 is 0 Å². The summed E-state index contributed by atoms with van der Waals surface area (Å²) in [6, 6.07) is 4.27.